The Kier molecular flexibility index (Phi) is 9.06. The standard InChI is InChI=1S/C27H25N5O3S3/c1-3-24(25(33)31-27-30-23(16-37-27)18-6-4-8-21(14-18)32(34)35)38-22-9-5-7-20(15-22)29-26(36)28-19-12-10-17(2)11-13-19/h4-16,24H,3H2,1-2H3,(H2,28,29,36)(H,30,31,33). The van der Waals surface area contributed by atoms with E-state index >= 15 is 0 Å². The van der Waals surface area contributed by atoms with Crippen molar-refractivity contribution in [3.8, 4) is 11.3 Å². The molecule has 3 aromatic carbocycles. The number of nitro groups is 1. The van der Waals surface area contributed by atoms with Crippen molar-refractivity contribution < 1.29 is 9.72 Å². The average molecular weight is 564 g/mol. The van der Waals surface area contributed by atoms with Crippen LogP contribution in [-0.2, 0) is 4.79 Å². The van der Waals surface area contributed by atoms with Crippen LogP contribution in [0.2, 0.25) is 0 Å². The Balaban J connectivity index is 1.37. The molecule has 0 spiro atoms. The molecule has 8 nitrogen and oxygen atoms in total. The summed E-state index contributed by atoms with van der Waals surface area (Å²) in [6.45, 7) is 3.98. The molecule has 1 heterocycles. The van der Waals surface area contributed by atoms with E-state index < -0.39 is 4.92 Å². The van der Waals surface area contributed by atoms with Gasteiger partial charge in [0.2, 0.25) is 5.91 Å². The first kappa shape index (κ1) is 27.2. The van der Waals surface area contributed by atoms with Crippen LogP contribution in [0.15, 0.2) is 83.1 Å². The predicted molar refractivity (Wildman–Crippen MR) is 160 cm³/mol. The van der Waals surface area contributed by atoms with Gasteiger partial charge in [0.25, 0.3) is 5.69 Å². The fourth-order valence-electron chi connectivity index (χ4n) is 3.49. The number of aromatic nitrogens is 1. The Bertz CT molecular complexity index is 1460. The van der Waals surface area contributed by atoms with Crippen LogP contribution in [0.25, 0.3) is 11.3 Å². The molecule has 0 bridgehead atoms. The minimum atomic E-state index is -0.444. The molecule has 194 valence electrons. The number of hydrogen-bond acceptors (Lipinski definition) is 7. The largest absolute Gasteiger partial charge is 0.332 e. The summed E-state index contributed by atoms with van der Waals surface area (Å²) in [5.41, 5.74) is 4.08. The fourth-order valence-corrected chi connectivity index (χ4v) is 5.46. The van der Waals surface area contributed by atoms with Gasteiger partial charge in [-0.3, -0.25) is 14.9 Å². The quantitative estimate of drug-likeness (QED) is 0.0840. The number of nitrogens with zero attached hydrogens (tertiary/aromatic N) is 2. The van der Waals surface area contributed by atoms with Gasteiger partial charge >= 0.3 is 0 Å². The number of amides is 1. The lowest BCUT2D eigenvalue weighted by Crippen LogP contribution is -2.24. The number of nitrogens with one attached hydrogen (secondary N) is 3. The summed E-state index contributed by atoms with van der Waals surface area (Å²) >= 11 is 8.18. The first-order valence-electron chi connectivity index (χ1n) is 11.7. The van der Waals surface area contributed by atoms with E-state index in [1.165, 1.54) is 40.8 Å². The van der Waals surface area contributed by atoms with Gasteiger partial charge in [-0.05, 0) is 55.9 Å². The van der Waals surface area contributed by atoms with Crippen LogP contribution in [0, 0.1) is 17.0 Å². The smallest absolute Gasteiger partial charge is 0.270 e. The van der Waals surface area contributed by atoms with E-state index in [9.17, 15) is 14.9 Å². The number of carbonyl (C=O) groups is 1. The summed E-state index contributed by atoms with van der Waals surface area (Å²) in [6.07, 6.45) is 0.616. The number of nitro benzene ring substituents is 1. The minimum absolute atomic E-state index is 0.00746. The molecule has 0 aliphatic heterocycles. The highest BCUT2D eigenvalue weighted by molar-refractivity contribution is 8.00. The number of benzene rings is 3. The van der Waals surface area contributed by atoms with E-state index in [0.717, 1.165) is 16.3 Å². The molecule has 4 aromatic rings. The number of aryl methyl sites for hydroxylation is 1. The van der Waals surface area contributed by atoms with Gasteiger partial charge in [0.1, 0.15) is 0 Å². The molecule has 4 rings (SSSR count). The number of thiocarbonyl (C=S) groups is 1. The van der Waals surface area contributed by atoms with Gasteiger partial charge in [0.05, 0.1) is 15.9 Å². The van der Waals surface area contributed by atoms with E-state index in [2.05, 4.69) is 20.9 Å². The summed E-state index contributed by atoms with van der Waals surface area (Å²) in [4.78, 5) is 29.0. The second kappa shape index (κ2) is 12.6. The Hall–Kier alpha value is -3.80. The SMILES string of the molecule is CCC(Sc1cccc(NC(=S)Nc2ccc(C)cc2)c1)C(=O)Nc1nc(-c2cccc([N+](=O)[O-])c2)cs1. The molecule has 1 unspecified atom stereocenters. The lowest BCUT2D eigenvalue weighted by molar-refractivity contribution is -0.384. The first-order chi connectivity index (χ1) is 18.3. The molecule has 0 aliphatic rings. The normalized spacial score (nSPS) is 11.4. The van der Waals surface area contributed by atoms with Crippen molar-refractivity contribution in [1.82, 2.24) is 4.98 Å². The Morgan fingerprint density at radius 1 is 1.05 bits per heavy atom. The summed E-state index contributed by atoms with van der Waals surface area (Å²) in [5, 5.41) is 22.7. The molecule has 0 aliphatic carbocycles. The molecule has 38 heavy (non-hydrogen) atoms. The highest BCUT2D eigenvalue weighted by atomic mass is 32.2. The number of thioether (sulfide) groups is 1. The monoisotopic (exact) mass is 563 g/mol. The van der Waals surface area contributed by atoms with Crippen LogP contribution in [0.4, 0.5) is 22.2 Å². The van der Waals surface area contributed by atoms with Gasteiger partial charge in [-0.1, -0.05) is 42.8 Å². The molecular formula is C27H25N5O3S3. The number of anilines is 3. The van der Waals surface area contributed by atoms with Crippen molar-refractivity contribution in [1.29, 1.82) is 0 Å². The topological polar surface area (TPSA) is 109 Å². The molecule has 0 fully saturated rings. The Morgan fingerprint density at radius 3 is 2.53 bits per heavy atom. The first-order valence-corrected chi connectivity index (χ1v) is 13.9. The van der Waals surface area contributed by atoms with Gasteiger partial charge in [-0.15, -0.1) is 23.1 Å². The number of carbonyl (C=O) groups excluding carboxylic acids is 1. The second-order valence-electron chi connectivity index (χ2n) is 8.32. The molecule has 1 amide bonds. The molecule has 11 heteroatoms. The highest BCUT2D eigenvalue weighted by Crippen LogP contribution is 2.31. The van der Waals surface area contributed by atoms with Gasteiger partial charge in [-0.2, -0.15) is 0 Å². The zero-order chi connectivity index (χ0) is 27.1. The van der Waals surface area contributed by atoms with Crippen LogP contribution in [0.3, 0.4) is 0 Å². The number of non-ortho nitro benzene ring substituents is 1. The van der Waals surface area contributed by atoms with Gasteiger partial charge in [-0.25, -0.2) is 4.98 Å². The average Bonchev–Trinajstić information content (AvgIpc) is 3.37. The number of thiazole rings is 1. The molecule has 0 saturated heterocycles. The highest BCUT2D eigenvalue weighted by Gasteiger charge is 2.20. The third-order valence-corrected chi connectivity index (χ3v) is 7.75. The van der Waals surface area contributed by atoms with E-state index in [0.29, 0.717) is 27.9 Å². The third-order valence-electron chi connectivity index (χ3n) is 5.43. The molecule has 1 atom stereocenters. The molecular weight excluding hydrogens is 539 g/mol. The van der Waals surface area contributed by atoms with E-state index in [1.807, 2.05) is 62.4 Å². The van der Waals surface area contributed by atoms with Gasteiger partial charge in [0.15, 0.2) is 10.2 Å². The molecule has 1 aromatic heterocycles. The van der Waals surface area contributed by atoms with Crippen LogP contribution in [0.5, 0.6) is 0 Å². The van der Waals surface area contributed by atoms with Gasteiger partial charge in [0, 0.05) is 39.3 Å². The number of hydrogen-bond donors (Lipinski definition) is 3. The van der Waals surface area contributed by atoms with E-state index in [1.54, 1.807) is 17.5 Å². The Morgan fingerprint density at radius 2 is 1.79 bits per heavy atom. The van der Waals surface area contributed by atoms with Crippen molar-refractivity contribution >= 4 is 68.5 Å². The lowest BCUT2D eigenvalue weighted by atomic mass is 10.1. The third kappa shape index (κ3) is 7.37. The fraction of sp³-hybridized carbons (Fsp3) is 0.148. The Labute approximate surface area is 234 Å². The maximum Gasteiger partial charge on any atom is 0.270 e. The summed E-state index contributed by atoms with van der Waals surface area (Å²) < 4.78 is 0. The maximum absolute atomic E-state index is 13.0. The van der Waals surface area contributed by atoms with Crippen molar-refractivity contribution in [3.05, 3.63) is 93.9 Å². The molecule has 0 radical (unpaired) electrons. The van der Waals surface area contributed by atoms with Crippen LogP contribution >= 0.6 is 35.3 Å². The zero-order valence-electron chi connectivity index (χ0n) is 20.6. The van der Waals surface area contributed by atoms with Gasteiger partial charge < -0.3 is 16.0 Å². The predicted octanol–water partition coefficient (Wildman–Crippen LogP) is 7.35. The summed E-state index contributed by atoms with van der Waals surface area (Å²) in [7, 11) is 0. The molecule has 3 N–H and O–H groups in total. The summed E-state index contributed by atoms with van der Waals surface area (Å²) in [5.74, 6) is -0.160. The number of rotatable bonds is 9. The lowest BCUT2D eigenvalue weighted by Gasteiger charge is -2.15. The van der Waals surface area contributed by atoms with Crippen LogP contribution < -0.4 is 16.0 Å². The van der Waals surface area contributed by atoms with E-state index in [4.69, 9.17) is 12.2 Å². The van der Waals surface area contributed by atoms with Crippen molar-refractivity contribution in [2.45, 2.75) is 30.4 Å². The van der Waals surface area contributed by atoms with Crippen molar-refractivity contribution in [3.63, 3.8) is 0 Å². The van der Waals surface area contributed by atoms with Crippen LogP contribution in [0.1, 0.15) is 18.9 Å². The summed E-state index contributed by atoms with van der Waals surface area (Å²) in [6, 6.07) is 22.0. The second-order valence-corrected chi connectivity index (χ2v) is 10.9. The zero-order valence-corrected chi connectivity index (χ0v) is 23.1. The van der Waals surface area contributed by atoms with Crippen LogP contribution in [-0.4, -0.2) is 26.2 Å². The van der Waals surface area contributed by atoms with Crippen molar-refractivity contribution in [2.75, 3.05) is 16.0 Å². The molecule has 0 saturated carbocycles. The maximum atomic E-state index is 13.0. The van der Waals surface area contributed by atoms with E-state index in [-0.39, 0.29) is 16.8 Å². The van der Waals surface area contributed by atoms with Crippen molar-refractivity contribution in [2.24, 2.45) is 0 Å². The minimum Gasteiger partial charge on any atom is -0.332 e.